The minimum Gasteiger partial charge on any atom is -0.387 e. The second-order valence-electron chi connectivity index (χ2n) is 7.70. The third-order valence-electron chi connectivity index (χ3n) is 5.70. The van der Waals surface area contributed by atoms with Crippen molar-refractivity contribution in [2.24, 2.45) is 5.92 Å². The van der Waals surface area contributed by atoms with Gasteiger partial charge in [0.15, 0.2) is 0 Å². The van der Waals surface area contributed by atoms with Crippen molar-refractivity contribution in [2.45, 2.75) is 25.5 Å². The van der Waals surface area contributed by atoms with Gasteiger partial charge in [0.2, 0.25) is 0 Å². The van der Waals surface area contributed by atoms with Crippen molar-refractivity contribution in [3.8, 4) is 0 Å². The molecule has 1 atom stereocenters. The number of aromatic nitrogens is 1. The molecule has 0 amide bonds. The SMILES string of the molecule is O=c1sc2cc([N+](=O)[O-])ccc2n1CC1CCN(CC(O)c2ccc(F)cc2)CC1. The molecule has 158 valence electrons. The molecule has 2 aromatic carbocycles. The Balaban J connectivity index is 1.37. The van der Waals surface area contributed by atoms with Gasteiger partial charge in [-0.25, -0.2) is 4.39 Å². The summed E-state index contributed by atoms with van der Waals surface area (Å²) < 4.78 is 15.4. The molecule has 1 unspecified atom stereocenters. The van der Waals surface area contributed by atoms with Gasteiger partial charge in [-0.15, -0.1) is 0 Å². The summed E-state index contributed by atoms with van der Waals surface area (Å²) in [5, 5.41) is 21.3. The van der Waals surface area contributed by atoms with E-state index in [1.165, 1.54) is 24.3 Å². The average molecular weight is 431 g/mol. The molecular formula is C21H22FN3O4S. The predicted molar refractivity (Wildman–Crippen MR) is 113 cm³/mol. The van der Waals surface area contributed by atoms with Gasteiger partial charge in [-0.2, -0.15) is 0 Å². The van der Waals surface area contributed by atoms with E-state index in [-0.39, 0.29) is 16.4 Å². The van der Waals surface area contributed by atoms with Crippen molar-refractivity contribution in [2.75, 3.05) is 19.6 Å². The molecule has 1 saturated heterocycles. The number of non-ortho nitro benzene ring substituents is 1. The monoisotopic (exact) mass is 431 g/mol. The number of nitro benzene ring substituents is 1. The minimum absolute atomic E-state index is 0.0103. The van der Waals surface area contributed by atoms with Gasteiger partial charge in [0, 0.05) is 25.2 Å². The first-order valence-corrected chi connectivity index (χ1v) is 10.7. The van der Waals surface area contributed by atoms with Crippen molar-refractivity contribution < 1.29 is 14.4 Å². The topological polar surface area (TPSA) is 88.6 Å². The third-order valence-corrected chi connectivity index (χ3v) is 6.64. The van der Waals surface area contributed by atoms with Gasteiger partial charge in [-0.3, -0.25) is 19.5 Å². The smallest absolute Gasteiger partial charge is 0.308 e. The largest absolute Gasteiger partial charge is 0.387 e. The zero-order chi connectivity index (χ0) is 21.3. The number of β-amino-alcohol motifs (C(OH)–C–C–N with tert-alkyl or cyclic N) is 1. The highest BCUT2D eigenvalue weighted by molar-refractivity contribution is 7.16. The molecule has 4 rings (SSSR count). The molecule has 9 heteroatoms. The standard InChI is InChI=1S/C21H22FN3O4S/c22-16-3-1-15(2-4-16)19(26)13-23-9-7-14(8-10-23)12-24-18-6-5-17(25(28)29)11-20(18)30-21(24)27/h1-6,11,14,19,26H,7-10,12-13H2. The van der Waals surface area contributed by atoms with Crippen LogP contribution in [0, 0.1) is 21.8 Å². The molecule has 0 saturated carbocycles. The van der Waals surface area contributed by atoms with Crippen molar-refractivity contribution in [1.82, 2.24) is 9.47 Å². The lowest BCUT2D eigenvalue weighted by Gasteiger charge is -2.33. The molecular weight excluding hydrogens is 409 g/mol. The predicted octanol–water partition coefficient (Wildman–Crippen LogP) is 3.56. The summed E-state index contributed by atoms with van der Waals surface area (Å²) in [5.74, 6) is 0.00692. The maximum atomic E-state index is 13.0. The summed E-state index contributed by atoms with van der Waals surface area (Å²) in [6.07, 6.45) is 1.13. The number of nitrogens with zero attached hydrogens (tertiary/aromatic N) is 3. The Morgan fingerprint density at radius 1 is 1.20 bits per heavy atom. The van der Waals surface area contributed by atoms with Crippen molar-refractivity contribution in [1.29, 1.82) is 0 Å². The van der Waals surface area contributed by atoms with Gasteiger partial charge in [-0.1, -0.05) is 23.5 Å². The van der Waals surface area contributed by atoms with Gasteiger partial charge >= 0.3 is 4.87 Å². The molecule has 30 heavy (non-hydrogen) atoms. The Bertz CT molecular complexity index is 1100. The zero-order valence-corrected chi connectivity index (χ0v) is 17.1. The van der Waals surface area contributed by atoms with Crippen LogP contribution in [0.2, 0.25) is 0 Å². The molecule has 1 N–H and O–H groups in total. The fraction of sp³-hybridized carbons (Fsp3) is 0.381. The summed E-state index contributed by atoms with van der Waals surface area (Å²) in [6, 6.07) is 10.4. The van der Waals surface area contributed by atoms with Crippen LogP contribution in [0.1, 0.15) is 24.5 Å². The van der Waals surface area contributed by atoms with Crippen LogP contribution < -0.4 is 4.87 Å². The maximum Gasteiger partial charge on any atom is 0.308 e. The van der Waals surface area contributed by atoms with Gasteiger partial charge < -0.3 is 10.0 Å². The zero-order valence-electron chi connectivity index (χ0n) is 16.2. The first kappa shape index (κ1) is 20.6. The van der Waals surface area contributed by atoms with Gasteiger partial charge in [0.1, 0.15) is 5.82 Å². The van der Waals surface area contributed by atoms with Crippen LogP contribution in [-0.2, 0) is 6.54 Å². The Morgan fingerprint density at radius 3 is 2.57 bits per heavy atom. The molecule has 7 nitrogen and oxygen atoms in total. The first-order valence-electron chi connectivity index (χ1n) is 9.84. The molecule has 0 spiro atoms. The van der Waals surface area contributed by atoms with E-state index in [1.807, 2.05) is 0 Å². The second-order valence-corrected chi connectivity index (χ2v) is 8.69. The number of fused-ring (bicyclic) bond motifs is 1. The number of likely N-dealkylation sites (tertiary alicyclic amines) is 1. The molecule has 0 aliphatic carbocycles. The van der Waals surface area contributed by atoms with E-state index in [2.05, 4.69) is 4.90 Å². The highest BCUT2D eigenvalue weighted by Gasteiger charge is 2.23. The number of thiazole rings is 1. The summed E-state index contributed by atoms with van der Waals surface area (Å²) >= 11 is 1.04. The van der Waals surface area contributed by atoms with Crippen molar-refractivity contribution >= 4 is 27.2 Å². The van der Waals surface area contributed by atoms with E-state index in [1.54, 1.807) is 22.8 Å². The van der Waals surface area contributed by atoms with Crippen LogP contribution >= 0.6 is 11.3 Å². The second kappa shape index (κ2) is 8.63. The molecule has 2 heterocycles. The molecule has 3 aromatic rings. The number of aliphatic hydroxyl groups excluding tert-OH is 1. The summed E-state index contributed by atoms with van der Waals surface area (Å²) in [5.41, 5.74) is 1.43. The van der Waals surface area contributed by atoms with Gasteiger partial charge in [0.05, 0.1) is 21.2 Å². The van der Waals surface area contributed by atoms with E-state index in [4.69, 9.17) is 0 Å². The first-order chi connectivity index (χ1) is 14.4. The number of aliphatic hydroxyl groups is 1. The van der Waals surface area contributed by atoms with E-state index < -0.39 is 11.0 Å². The fourth-order valence-corrected chi connectivity index (χ4v) is 4.92. The lowest BCUT2D eigenvalue weighted by molar-refractivity contribution is -0.384. The van der Waals surface area contributed by atoms with Crippen LogP contribution in [0.4, 0.5) is 10.1 Å². The molecule has 0 radical (unpaired) electrons. The molecule has 1 aliphatic heterocycles. The maximum absolute atomic E-state index is 13.0. The van der Waals surface area contributed by atoms with Crippen LogP contribution in [0.5, 0.6) is 0 Å². The van der Waals surface area contributed by atoms with Crippen molar-refractivity contribution in [3.63, 3.8) is 0 Å². The minimum atomic E-state index is -0.665. The number of benzene rings is 2. The van der Waals surface area contributed by atoms with Crippen molar-refractivity contribution in [3.05, 3.63) is 73.6 Å². The Kier molecular flexibility index (Phi) is 5.94. The lowest BCUT2D eigenvalue weighted by atomic mass is 9.96. The third kappa shape index (κ3) is 4.43. The lowest BCUT2D eigenvalue weighted by Crippen LogP contribution is -2.38. The average Bonchev–Trinajstić information content (AvgIpc) is 3.04. The molecule has 1 aromatic heterocycles. The Hall–Kier alpha value is -2.62. The number of nitro groups is 1. The normalized spacial score (nSPS) is 16.7. The number of hydrogen-bond acceptors (Lipinski definition) is 6. The summed E-state index contributed by atoms with van der Waals surface area (Å²) in [7, 11) is 0. The quantitative estimate of drug-likeness (QED) is 0.476. The number of hydrogen-bond donors (Lipinski definition) is 1. The number of piperidine rings is 1. The Morgan fingerprint density at radius 2 is 1.90 bits per heavy atom. The molecule has 1 aliphatic rings. The van der Waals surface area contributed by atoms with E-state index in [0.29, 0.717) is 29.3 Å². The van der Waals surface area contributed by atoms with Crippen LogP contribution in [0.25, 0.3) is 10.2 Å². The van der Waals surface area contributed by atoms with Crippen LogP contribution in [-0.4, -0.2) is 39.1 Å². The molecule has 1 fully saturated rings. The van der Waals surface area contributed by atoms with Crippen LogP contribution in [0.15, 0.2) is 47.3 Å². The highest BCUT2D eigenvalue weighted by Crippen LogP contribution is 2.26. The number of halogens is 1. The molecule has 0 bridgehead atoms. The van der Waals surface area contributed by atoms with Gasteiger partial charge in [-0.05, 0) is 55.6 Å². The Labute approximate surface area is 176 Å². The number of rotatable bonds is 6. The van der Waals surface area contributed by atoms with Crippen LogP contribution in [0.3, 0.4) is 0 Å². The van der Waals surface area contributed by atoms with E-state index >= 15 is 0 Å². The van der Waals surface area contributed by atoms with Gasteiger partial charge in [0.25, 0.3) is 5.69 Å². The highest BCUT2D eigenvalue weighted by atomic mass is 32.1. The van der Waals surface area contributed by atoms with E-state index in [0.717, 1.165) is 42.8 Å². The van der Waals surface area contributed by atoms with E-state index in [9.17, 15) is 24.4 Å². The fourth-order valence-electron chi connectivity index (χ4n) is 3.99. The summed E-state index contributed by atoms with van der Waals surface area (Å²) in [4.78, 5) is 25.0. The summed E-state index contributed by atoms with van der Waals surface area (Å²) in [6.45, 7) is 2.70.